The highest BCUT2D eigenvalue weighted by atomic mass is 16.5. The summed E-state index contributed by atoms with van der Waals surface area (Å²) in [4.78, 5) is 42.0. The van der Waals surface area contributed by atoms with E-state index in [2.05, 4.69) is 15.6 Å². The van der Waals surface area contributed by atoms with Crippen LogP contribution in [0.2, 0.25) is 0 Å². The number of aromatic nitrogens is 1. The van der Waals surface area contributed by atoms with Crippen LogP contribution in [0.4, 0.5) is 4.79 Å². The van der Waals surface area contributed by atoms with Gasteiger partial charge in [-0.3, -0.25) is 10.1 Å². The molecule has 172 valence electrons. The zero-order valence-electron chi connectivity index (χ0n) is 19.3. The third kappa shape index (κ3) is 6.06. The fourth-order valence-electron chi connectivity index (χ4n) is 3.12. The number of benzene rings is 2. The number of nitrogens with one attached hydrogen (secondary N) is 2. The van der Waals surface area contributed by atoms with Gasteiger partial charge in [0.15, 0.2) is 6.10 Å². The molecule has 3 rings (SSSR count). The van der Waals surface area contributed by atoms with Crippen molar-refractivity contribution in [1.82, 2.24) is 15.6 Å². The number of carbonyl (C=O) groups is 3. The monoisotopic (exact) mass is 449 g/mol. The van der Waals surface area contributed by atoms with Crippen LogP contribution in [0.3, 0.4) is 0 Å². The zero-order valence-corrected chi connectivity index (χ0v) is 19.3. The summed E-state index contributed by atoms with van der Waals surface area (Å²) in [5, 5.41) is 5.40. The van der Waals surface area contributed by atoms with E-state index in [-0.39, 0.29) is 5.56 Å². The second-order valence-corrected chi connectivity index (χ2v) is 8.54. The molecule has 1 atom stereocenters. The molecule has 0 aliphatic heterocycles. The first-order chi connectivity index (χ1) is 15.6. The van der Waals surface area contributed by atoms with Crippen LogP contribution in [-0.4, -0.2) is 41.6 Å². The third-order valence-electron chi connectivity index (χ3n) is 4.70. The third-order valence-corrected chi connectivity index (χ3v) is 4.70. The molecule has 0 saturated carbocycles. The number of ether oxygens (including phenoxy) is 2. The normalized spacial score (nSPS) is 12.0. The van der Waals surface area contributed by atoms with E-state index < -0.39 is 29.6 Å². The van der Waals surface area contributed by atoms with Crippen LogP contribution in [0.5, 0.6) is 5.75 Å². The Hall–Kier alpha value is -3.94. The fourth-order valence-corrected chi connectivity index (χ4v) is 3.12. The molecule has 0 radical (unpaired) electrons. The van der Waals surface area contributed by atoms with Crippen LogP contribution >= 0.6 is 0 Å². The number of rotatable bonds is 5. The van der Waals surface area contributed by atoms with Gasteiger partial charge in [-0.15, -0.1) is 0 Å². The molecule has 2 N–H and O–H groups in total. The molecule has 0 bridgehead atoms. The second-order valence-electron chi connectivity index (χ2n) is 8.54. The number of carbonyl (C=O) groups excluding carboxylic acids is 3. The summed E-state index contributed by atoms with van der Waals surface area (Å²) in [5.74, 6) is -0.712. The fraction of sp³-hybridized carbons (Fsp3) is 0.280. The molecule has 8 heteroatoms. The van der Waals surface area contributed by atoms with Crippen molar-refractivity contribution in [2.24, 2.45) is 0 Å². The highest BCUT2D eigenvalue weighted by Gasteiger charge is 2.24. The lowest BCUT2D eigenvalue weighted by molar-refractivity contribution is -0.127. The predicted molar refractivity (Wildman–Crippen MR) is 125 cm³/mol. The van der Waals surface area contributed by atoms with Crippen molar-refractivity contribution in [1.29, 1.82) is 0 Å². The molecule has 33 heavy (non-hydrogen) atoms. The Balaban J connectivity index is 1.85. The Bertz CT molecular complexity index is 1180. The van der Waals surface area contributed by atoms with Crippen molar-refractivity contribution < 1.29 is 23.9 Å². The van der Waals surface area contributed by atoms with Gasteiger partial charge in [-0.25, -0.2) is 14.6 Å². The summed E-state index contributed by atoms with van der Waals surface area (Å²) < 4.78 is 10.6. The number of methoxy groups -OCH3 is 1. The molecule has 0 fully saturated rings. The van der Waals surface area contributed by atoms with Crippen LogP contribution in [0.25, 0.3) is 22.2 Å². The lowest BCUT2D eigenvalue weighted by Gasteiger charge is -2.21. The molecule has 1 aromatic heterocycles. The maximum absolute atomic E-state index is 13.0. The van der Waals surface area contributed by atoms with E-state index in [4.69, 9.17) is 9.47 Å². The van der Waals surface area contributed by atoms with Crippen LogP contribution in [0.1, 0.15) is 38.1 Å². The Labute approximate surface area is 192 Å². The van der Waals surface area contributed by atoms with E-state index in [0.29, 0.717) is 22.3 Å². The largest absolute Gasteiger partial charge is 0.497 e. The highest BCUT2D eigenvalue weighted by Crippen LogP contribution is 2.27. The number of fused-ring (bicyclic) bond motifs is 1. The Morgan fingerprint density at radius 3 is 2.30 bits per heavy atom. The van der Waals surface area contributed by atoms with E-state index in [1.54, 1.807) is 64.3 Å². The number of hydrogen-bond acceptors (Lipinski definition) is 6. The zero-order chi connectivity index (χ0) is 24.2. The molecule has 8 nitrogen and oxygen atoms in total. The highest BCUT2D eigenvalue weighted by molar-refractivity contribution is 6.06. The number of urea groups is 1. The minimum Gasteiger partial charge on any atom is -0.497 e. The SMILES string of the molecule is COc1ccc(-c2cc(C(=O)OC(C)C(=O)NC(=O)NC(C)(C)C)c3ccccc3n2)cc1. The second kappa shape index (κ2) is 9.68. The first kappa shape index (κ1) is 23.7. The summed E-state index contributed by atoms with van der Waals surface area (Å²) in [6.45, 7) is 6.77. The average Bonchev–Trinajstić information content (AvgIpc) is 2.76. The van der Waals surface area contributed by atoms with Crippen LogP contribution in [0.15, 0.2) is 54.6 Å². The molecular weight excluding hydrogens is 422 g/mol. The number of amides is 3. The number of nitrogens with zero attached hydrogens (tertiary/aromatic N) is 1. The minimum absolute atomic E-state index is 0.269. The van der Waals surface area contributed by atoms with Gasteiger partial charge < -0.3 is 14.8 Å². The van der Waals surface area contributed by atoms with Gasteiger partial charge in [0, 0.05) is 16.5 Å². The van der Waals surface area contributed by atoms with Gasteiger partial charge in [0.05, 0.1) is 23.9 Å². The topological polar surface area (TPSA) is 107 Å². The van der Waals surface area contributed by atoms with E-state index in [1.165, 1.54) is 6.92 Å². The standard InChI is InChI=1S/C25H27N3O5/c1-15(22(29)27-24(31)28-25(2,3)4)33-23(30)19-14-21(16-10-12-17(32-5)13-11-16)26-20-9-7-6-8-18(19)20/h6-15H,1-5H3,(H2,27,28,29,31). The molecular formula is C25H27N3O5. The summed E-state index contributed by atoms with van der Waals surface area (Å²) in [6, 6.07) is 15.4. The van der Waals surface area contributed by atoms with Crippen molar-refractivity contribution in [2.45, 2.75) is 39.3 Å². The Morgan fingerprint density at radius 2 is 1.67 bits per heavy atom. The number of esters is 1. The van der Waals surface area contributed by atoms with Crippen molar-refractivity contribution in [3.8, 4) is 17.0 Å². The molecule has 0 spiro atoms. The van der Waals surface area contributed by atoms with Crippen LogP contribution < -0.4 is 15.4 Å². The maximum atomic E-state index is 13.0. The molecule has 1 heterocycles. The summed E-state index contributed by atoms with van der Waals surface area (Å²) in [5.41, 5.74) is 1.73. The molecule has 1 unspecified atom stereocenters. The van der Waals surface area contributed by atoms with Gasteiger partial charge in [0.2, 0.25) is 0 Å². The molecule has 0 aliphatic carbocycles. The number of pyridine rings is 1. The average molecular weight is 450 g/mol. The maximum Gasteiger partial charge on any atom is 0.339 e. The Kier molecular flexibility index (Phi) is 6.96. The van der Waals surface area contributed by atoms with Crippen LogP contribution in [0, 0.1) is 0 Å². The van der Waals surface area contributed by atoms with Gasteiger partial charge in [0.25, 0.3) is 5.91 Å². The number of para-hydroxylation sites is 1. The van der Waals surface area contributed by atoms with Gasteiger partial charge in [-0.2, -0.15) is 0 Å². The summed E-state index contributed by atoms with van der Waals surface area (Å²) >= 11 is 0. The smallest absolute Gasteiger partial charge is 0.339 e. The quantitative estimate of drug-likeness (QED) is 0.569. The van der Waals surface area contributed by atoms with Gasteiger partial charge in [-0.1, -0.05) is 18.2 Å². The number of imide groups is 1. The van der Waals surface area contributed by atoms with Crippen molar-refractivity contribution in [2.75, 3.05) is 7.11 Å². The van der Waals surface area contributed by atoms with E-state index in [1.807, 2.05) is 18.2 Å². The minimum atomic E-state index is -1.18. The van der Waals surface area contributed by atoms with Crippen molar-refractivity contribution >= 4 is 28.8 Å². The lowest BCUT2D eigenvalue weighted by Crippen LogP contribution is -2.50. The van der Waals surface area contributed by atoms with Gasteiger partial charge in [-0.05, 0) is 64.1 Å². The van der Waals surface area contributed by atoms with E-state index in [9.17, 15) is 14.4 Å². The van der Waals surface area contributed by atoms with E-state index >= 15 is 0 Å². The molecule has 2 aromatic carbocycles. The van der Waals surface area contributed by atoms with Gasteiger partial charge in [0.1, 0.15) is 5.75 Å². The first-order valence-corrected chi connectivity index (χ1v) is 10.5. The lowest BCUT2D eigenvalue weighted by atomic mass is 10.0. The molecule has 0 aliphatic rings. The predicted octanol–water partition coefficient (Wildman–Crippen LogP) is 4.08. The van der Waals surface area contributed by atoms with Gasteiger partial charge >= 0.3 is 12.0 Å². The van der Waals surface area contributed by atoms with Crippen molar-refractivity contribution in [3.63, 3.8) is 0 Å². The van der Waals surface area contributed by atoms with Crippen molar-refractivity contribution in [3.05, 3.63) is 60.2 Å². The van der Waals surface area contributed by atoms with Crippen LogP contribution in [-0.2, 0) is 9.53 Å². The number of hydrogen-bond donors (Lipinski definition) is 2. The Morgan fingerprint density at radius 1 is 1.00 bits per heavy atom. The molecule has 3 amide bonds. The first-order valence-electron chi connectivity index (χ1n) is 10.5. The summed E-state index contributed by atoms with van der Waals surface area (Å²) in [6.07, 6.45) is -1.18. The molecule has 0 saturated heterocycles. The summed E-state index contributed by atoms with van der Waals surface area (Å²) in [7, 11) is 1.58. The van der Waals surface area contributed by atoms with E-state index in [0.717, 1.165) is 5.56 Å². The molecule has 3 aromatic rings.